The molecule has 2 N–H and O–H groups in total. The van der Waals surface area contributed by atoms with E-state index in [0.29, 0.717) is 42.0 Å². The molecule has 2 aromatic heterocycles. The first-order chi connectivity index (χ1) is 14.6. The SMILES string of the molecule is COc1cccc2c(C(=O)CCc3cccc(CO[C@H]4CCOC4)n3)nc(N)nc12. The molecule has 1 saturated heterocycles. The first-order valence-corrected chi connectivity index (χ1v) is 9.91. The van der Waals surface area contributed by atoms with Crippen LogP contribution < -0.4 is 10.5 Å². The Morgan fingerprint density at radius 1 is 1.17 bits per heavy atom. The van der Waals surface area contributed by atoms with Gasteiger partial charge >= 0.3 is 0 Å². The van der Waals surface area contributed by atoms with E-state index in [1.54, 1.807) is 25.3 Å². The minimum absolute atomic E-state index is 0.0449. The number of aromatic nitrogens is 3. The summed E-state index contributed by atoms with van der Waals surface area (Å²) in [4.78, 5) is 25.9. The largest absolute Gasteiger partial charge is 0.494 e. The molecular formula is C22H24N4O4. The maximum atomic E-state index is 12.9. The van der Waals surface area contributed by atoms with Crippen LogP contribution in [0.5, 0.6) is 5.75 Å². The van der Waals surface area contributed by atoms with Crippen LogP contribution in [0.4, 0.5) is 5.95 Å². The summed E-state index contributed by atoms with van der Waals surface area (Å²) in [5, 5.41) is 0.627. The second-order valence-corrected chi connectivity index (χ2v) is 7.13. The maximum absolute atomic E-state index is 12.9. The zero-order chi connectivity index (χ0) is 20.9. The van der Waals surface area contributed by atoms with Gasteiger partial charge in [0, 0.05) is 24.1 Å². The number of hydrogen-bond donors (Lipinski definition) is 1. The summed E-state index contributed by atoms with van der Waals surface area (Å²) in [5.74, 6) is 0.482. The van der Waals surface area contributed by atoms with Crippen molar-refractivity contribution in [3.63, 3.8) is 0 Å². The number of nitrogens with zero attached hydrogens (tertiary/aromatic N) is 3. The molecule has 4 rings (SSSR count). The molecule has 156 valence electrons. The highest BCUT2D eigenvalue weighted by molar-refractivity contribution is 6.07. The highest BCUT2D eigenvalue weighted by atomic mass is 16.5. The molecule has 0 aliphatic carbocycles. The number of pyridine rings is 1. The predicted molar refractivity (Wildman–Crippen MR) is 111 cm³/mol. The highest BCUT2D eigenvalue weighted by Gasteiger charge is 2.18. The number of ketones is 1. The van der Waals surface area contributed by atoms with Crippen LogP contribution in [-0.2, 0) is 22.5 Å². The average Bonchev–Trinajstić information content (AvgIpc) is 3.29. The van der Waals surface area contributed by atoms with Crippen molar-refractivity contribution in [3.05, 3.63) is 53.5 Å². The van der Waals surface area contributed by atoms with Crippen molar-refractivity contribution >= 4 is 22.6 Å². The summed E-state index contributed by atoms with van der Waals surface area (Å²) in [5.41, 5.74) is 8.34. The number of aryl methyl sites for hydroxylation is 1. The number of rotatable bonds is 8. The van der Waals surface area contributed by atoms with Crippen LogP contribution >= 0.6 is 0 Å². The maximum Gasteiger partial charge on any atom is 0.221 e. The number of anilines is 1. The van der Waals surface area contributed by atoms with Gasteiger partial charge in [0.1, 0.15) is 17.0 Å². The van der Waals surface area contributed by atoms with E-state index < -0.39 is 0 Å². The minimum atomic E-state index is -0.117. The van der Waals surface area contributed by atoms with Crippen molar-refractivity contribution in [1.29, 1.82) is 0 Å². The van der Waals surface area contributed by atoms with Gasteiger partial charge in [-0.3, -0.25) is 9.78 Å². The molecule has 0 saturated carbocycles. The molecule has 8 nitrogen and oxygen atoms in total. The lowest BCUT2D eigenvalue weighted by molar-refractivity contribution is 0.0301. The third kappa shape index (κ3) is 4.55. The summed E-state index contributed by atoms with van der Waals surface area (Å²) in [7, 11) is 1.55. The van der Waals surface area contributed by atoms with Gasteiger partial charge in [0.2, 0.25) is 5.95 Å². The zero-order valence-corrected chi connectivity index (χ0v) is 16.8. The Balaban J connectivity index is 1.45. The molecule has 30 heavy (non-hydrogen) atoms. The molecule has 0 bridgehead atoms. The lowest BCUT2D eigenvalue weighted by Crippen LogP contribution is -2.13. The van der Waals surface area contributed by atoms with E-state index in [0.717, 1.165) is 24.4 Å². The van der Waals surface area contributed by atoms with Gasteiger partial charge in [0.25, 0.3) is 0 Å². The van der Waals surface area contributed by atoms with Crippen molar-refractivity contribution in [2.75, 3.05) is 26.1 Å². The van der Waals surface area contributed by atoms with Crippen molar-refractivity contribution in [2.24, 2.45) is 0 Å². The molecule has 1 atom stereocenters. The van der Waals surface area contributed by atoms with Gasteiger partial charge in [-0.2, -0.15) is 0 Å². The fraction of sp³-hybridized carbons (Fsp3) is 0.364. The second-order valence-electron chi connectivity index (χ2n) is 7.13. The number of hydrogen-bond acceptors (Lipinski definition) is 8. The van der Waals surface area contributed by atoms with Gasteiger partial charge < -0.3 is 19.9 Å². The van der Waals surface area contributed by atoms with Crippen LogP contribution in [0.25, 0.3) is 10.9 Å². The number of para-hydroxylation sites is 1. The summed E-state index contributed by atoms with van der Waals surface area (Å²) >= 11 is 0. The Labute approximate surface area is 174 Å². The van der Waals surface area contributed by atoms with Gasteiger partial charge in [-0.15, -0.1) is 0 Å². The Bertz CT molecular complexity index is 1050. The predicted octanol–water partition coefficient (Wildman–Crippen LogP) is 2.74. The van der Waals surface area contributed by atoms with Gasteiger partial charge in [0.15, 0.2) is 5.78 Å². The summed E-state index contributed by atoms with van der Waals surface area (Å²) in [6.07, 6.45) is 1.80. The number of Topliss-reactive ketones (excluding diaryl/α,β-unsaturated/α-hetero) is 1. The molecule has 1 aliphatic heterocycles. The number of benzene rings is 1. The molecule has 0 unspecified atom stereocenters. The molecule has 1 aromatic carbocycles. The summed E-state index contributed by atoms with van der Waals surface area (Å²) < 4.78 is 16.5. The summed E-state index contributed by atoms with van der Waals surface area (Å²) in [6.45, 7) is 1.81. The van der Waals surface area contributed by atoms with Crippen LogP contribution in [0.3, 0.4) is 0 Å². The second kappa shape index (κ2) is 9.15. The standard InChI is InChI=1S/C22H24N4O4/c1-28-19-7-3-6-17-20(25-22(23)26-21(17)19)18(27)9-8-14-4-2-5-15(24-14)12-30-16-10-11-29-13-16/h2-7,16H,8-13H2,1H3,(H2,23,25,26)/t16-/m0/s1. The number of ether oxygens (including phenoxy) is 3. The monoisotopic (exact) mass is 408 g/mol. The first kappa shape index (κ1) is 20.2. The molecule has 1 aliphatic rings. The van der Waals surface area contributed by atoms with E-state index in [2.05, 4.69) is 15.0 Å². The molecule has 0 radical (unpaired) electrons. The fourth-order valence-electron chi connectivity index (χ4n) is 3.48. The van der Waals surface area contributed by atoms with Crippen molar-refractivity contribution < 1.29 is 19.0 Å². The van der Waals surface area contributed by atoms with Gasteiger partial charge in [-0.1, -0.05) is 18.2 Å². The molecule has 8 heteroatoms. The Morgan fingerprint density at radius 2 is 2.00 bits per heavy atom. The van der Waals surface area contributed by atoms with E-state index in [4.69, 9.17) is 19.9 Å². The summed E-state index contributed by atoms with van der Waals surface area (Å²) in [6, 6.07) is 11.1. The molecule has 0 spiro atoms. The Morgan fingerprint density at radius 3 is 2.80 bits per heavy atom. The van der Waals surface area contributed by atoms with Crippen molar-refractivity contribution in [2.45, 2.75) is 32.0 Å². The van der Waals surface area contributed by atoms with Crippen LogP contribution in [-0.4, -0.2) is 47.2 Å². The normalized spacial score (nSPS) is 16.1. The number of nitrogen functional groups attached to an aromatic ring is 1. The van der Waals surface area contributed by atoms with Gasteiger partial charge in [-0.05, 0) is 31.0 Å². The smallest absolute Gasteiger partial charge is 0.221 e. The molecule has 3 aromatic rings. The number of carbonyl (C=O) groups is 1. The van der Waals surface area contributed by atoms with Gasteiger partial charge in [-0.25, -0.2) is 9.97 Å². The number of carbonyl (C=O) groups excluding carboxylic acids is 1. The molecule has 0 amide bonds. The Hall–Kier alpha value is -3.10. The molecule has 1 fully saturated rings. The molecular weight excluding hydrogens is 384 g/mol. The lowest BCUT2D eigenvalue weighted by atomic mass is 10.1. The highest BCUT2D eigenvalue weighted by Crippen LogP contribution is 2.27. The van der Waals surface area contributed by atoms with E-state index in [9.17, 15) is 4.79 Å². The number of nitrogens with two attached hydrogens (primary N) is 1. The van der Waals surface area contributed by atoms with Crippen LogP contribution in [0.1, 0.15) is 34.7 Å². The first-order valence-electron chi connectivity index (χ1n) is 9.91. The van der Waals surface area contributed by atoms with Crippen LogP contribution in [0.2, 0.25) is 0 Å². The van der Waals surface area contributed by atoms with Crippen molar-refractivity contribution in [1.82, 2.24) is 15.0 Å². The Kier molecular flexibility index (Phi) is 6.15. The van der Waals surface area contributed by atoms with E-state index in [1.165, 1.54) is 0 Å². The minimum Gasteiger partial charge on any atom is -0.494 e. The lowest BCUT2D eigenvalue weighted by Gasteiger charge is -2.10. The van der Waals surface area contributed by atoms with Crippen LogP contribution in [0, 0.1) is 0 Å². The fourth-order valence-corrected chi connectivity index (χ4v) is 3.48. The third-order valence-electron chi connectivity index (χ3n) is 5.02. The number of fused-ring (bicyclic) bond motifs is 1. The topological polar surface area (TPSA) is 109 Å². The number of methoxy groups -OCH3 is 1. The average molecular weight is 408 g/mol. The molecule has 3 heterocycles. The van der Waals surface area contributed by atoms with Crippen molar-refractivity contribution in [3.8, 4) is 5.75 Å². The van der Waals surface area contributed by atoms with E-state index >= 15 is 0 Å². The third-order valence-corrected chi connectivity index (χ3v) is 5.02. The van der Waals surface area contributed by atoms with Crippen LogP contribution in [0.15, 0.2) is 36.4 Å². The van der Waals surface area contributed by atoms with E-state index in [-0.39, 0.29) is 24.3 Å². The zero-order valence-electron chi connectivity index (χ0n) is 16.8. The van der Waals surface area contributed by atoms with E-state index in [1.807, 2.05) is 18.2 Å². The van der Waals surface area contributed by atoms with Gasteiger partial charge in [0.05, 0.1) is 32.1 Å². The quantitative estimate of drug-likeness (QED) is 0.567.